The number of benzene rings is 2. The Labute approximate surface area is 126 Å². The highest BCUT2D eigenvalue weighted by Gasteiger charge is 2.02. The van der Waals surface area contributed by atoms with E-state index >= 15 is 0 Å². The summed E-state index contributed by atoms with van der Waals surface area (Å²) in [5.41, 5.74) is 8.12. The zero-order valence-electron chi connectivity index (χ0n) is 10.8. The van der Waals surface area contributed by atoms with Crippen molar-refractivity contribution in [2.75, 3.05) is 0 Å². The third-order valence-corrected chi connectivity index (χ3v) is 5.06. The lowest BCUT2D eigenvalue weighted by Gasteiger charge is -2.03. The van der Waals surface area contributed by atoms with Crippen LogP contribution in [0.15, 0.2) is 53.4 Å². The van der Waals surface area contributed by atoms with Crippen LogP contribution in [0.4, 0.5) is 0 Å². The van der Waals surface area contributed by atoms with Gasteiger partial charge in [-0.25, -0.2) is 4.79 Å². The van der Waals surface area contributed by atoms with Crippen LogP contribution in [0, 0.1) is 0 Å². The molecule has 3 nitrogen and oxygen atoms in total. The van der Waals surface area contributed by atoms with E-state index in [4.69, 9.17) is 10.8 Å². The summed E-state index contributed by atoms with van der Waals surface area (Å²) in [5, 5.41) is 8.82. The van der Waals surface area contributed by atoms with E-state index in [-0.39, 0.29) is 0 Å². The molecule has 0 fully saturated rings. The molecule has 0 aliphatic carbocycles. The second-order valence-electron chi connectivity index (χ2n) is 4.20. The number of aromatic carboxylic acids is 1. The summed E-state index contributed by atoms with van der Waals surface area (Å²) >= 11 is 0. The number of carbonyl (C=O) groups is 1. The smallest absolute Gasteiger partial charge is 0.335 e. The van der Waals surface area contributed by atoms with Crippen molar-refractivity contribution in [1.82, 2.24) is 0 Å². The highest BCUT2D eigenvalue weighted by Crippen LogP contribution is 2.33. The Morgan fingerprint density at radius 2 is 1.60 bits per heavy atom. The number of carboxylic acids is 1. The summed E-state index contributed by atoms with van der Waals surface area (Å²) in [7, 11) is 3.43. The number of hydrogen-bond donors (Lipinski definition) is 2. The molecule has 0 spiro atoms. The lowest BCUT2D eigenvalue weighted by atomic mass is 10.1. The van der Waals surface area contributed by atoms with Crippen LogP contribution in [0.2, 0.25) is 0 Å². The molecule has 0 heterocycles. The largest absolute Gasteiger partial charge is 0.478 e. The SMILES string of the molecule is NCc1ccc(SSCc2ccc(C(=O)O)cc2)cc1. The molecule has 0 aliphatic heterocycles. The van der Waals surface area contributed by atoms with Gasteiger partial charge in [-0.15, -0.1) is 0 Å². The van der Waals surface area contributed by atoms with Crippen molar-refractivity contribution in [3.8, 4) is 0 Å². The molecule has 0 unspecified atom stereocenters. The van der Waals surface area contributed by atoms with Gasteiger partial charge in [-0.3, -0.25) is 0 Å². The molecule has 0 atom stereocenters. The van der Waals surface area contributed by atoms with Crippen LogP contribution in [-0.4, -0.2) is 11.1 Å². The molecule has 2 aromatic carbocycles. The van der Waals surface area contributed by atoms with Crippen LogP contribution < -0.4 is 5.73 Å². The van der Waals surface area contributed by atoms with Gasteiger partial charge in [0, 0.05) is 17.2 Å². The molecule has 5 heteroatoms. The van der Waals surface area contributed by atoms with Crippen molar-refractivity contribution in [2.24, 2.45) is 5.73 Å². The minimum absolute atomic E-state index is 0.323. The van der Waals surface area contributed by atoms with Gasteiger partial charge in [0.15, 0.2) is 0 Å². The van der Waals surface area contributed by atoms with Crippen LogP contribution in [-0.2, 0) is 12.3 Å². The minimum atomic E-state index is -0.890. The van der Waals surface area contributed by atoms with Gasteiger partial charge in [0.1, 0.15) is 0 Å². The Balaban J connectivity index is 1.84. The molecular formula is C15H15NO2S2. The van der Waals surface area contributed by atoms with E-state index in [2.05, 4.69) is 12.1 Å². The maximum atomic E-state index is 10.7. The molecule has 0 radical (unpaired) electrons. The first-order valence-electron chi connectivity index (χ1n) is 6.10. The van der Waals surface area contributed by atoms with Gasteiger partial charge >= 0.3 is 5.97 Å². The monoisotopic (exact) mass is 305 g/mol. The maximum absolute atomic E-state index is 10.7. The van der Waals surface area contributed by atoms with E-state index in [1.54, 1.807) is 33.7 Å². The van der Waals surface area contributed by atoms with Crippen LogP contribution in [0.5, 0.6) is 0 Å². The first-order chi connectivity index (χ1) is 9.69. The van der Waals surface area contributed by atoms with Crippen LogP contribution in [0.3, 0.4) is 0 Å². The summed E-state index contributed by atoms with van der Waals surface area (Å²) in [5.74, 6) is -0.0537. The Kier molecular flexibility index (Phi) is 5.52. The van der Waals surface area contributed by atoms with Gasteiger partial charge in [0.25, 0.3) is 0 Å². The van der Waals surface area contributed by atoms with Gasteiger partial charge in [0.05, 0.1) is 5.56 Å². The fourth-order valence-corrected chi connectivity index (χ4v) is 3.69. The normalized spacial score (nSPS) is 10.4. The maximum Gasteiger partial charge on any atom is 0.335 e. The summed E-state index contributed by atoms with van der Waals surface area (Å²) in [6.45, 7) is 0.564. The Bertz CT molecular complexity index is 567. The molecule has 104 valence electrons. The minimum Gasteiger partial charge on any atom is -0.478 e. The van der Waals surface area contributed by atoms with E-state index in [1.807, 2.05) is 24.3 Å². The van der Waals surface area contributed by atoms with Gasteiger partial charge in [-0.1, -0.05) is 45.9 Å². The Hall–Kier alpha value is -1.43. The molecule has 0 bridgehead atoms. The molecule has 0 amide bonds. The average molecular weight is 305 g/mol. The fraction of sp³-hybridized carbons (Fsp3) is 0.133. The second kappa shape index (κ2) is 7.38. The summed E-state index contributed by atoms with van der Waals surface area (Å²) in [6, 6.07) is 15.2. The second-order valence-corrected chi connectivity index (χ2v) is 6.57. The molecule has 0 aliphatic rings. The lowest BCUT2D eigenvalue weighted by Crippen LogP contribution is -1.95. The van der Waals surface area contributed by atoms with Crippen molar-refractivity contribution in [3.05, 3.63) is 65.2 Å². The van der Waals surface area contributed by atoms with E-state index in [0.717, 1.165) is 16.9 Å². The fourth-order valence-electron chi connectivity index (χ4n) is 1.59. The molecule has 2 rings (SSSR count). The van der Waals surface area contributed by atoms with E-state index < -0.39 is 5.97 Å². The molecular weight excluding hydrogens is 290 g/mol. The predicted octanol–water partition coefficient (Wildman–Crippen LogP) is 3.78. The van der Waals surface area contributed by atoms with Gasteiger partial charge in [-0.05, 0) is 35.4 Å². The Morgan fingerprint density at radius 1 is 1.00 bits per heavy atom. The van der Waals surface area contributed by atoms with Crippen molar-refractivity contribution >= 4 is 27.6 Å². The highest BCUT2D eigenvalue weighted by molar-refractivity contribution is 8.76. The standard InChI is InChI=1S/C15H15NO2S2/c16-9-11-3-7-14(8-4-11)20-19-10-12-1-5-13(6-2-12)15(17)18/h1-8H,9-10,16H2,(H,17,18). The molecule has 0 aromatic heterocycles. The van der Waals surface area contributed by atoms with E-state index in [0.29, 0.717) is 12.1 Å². The number of hydrogen-bond acceptors (Lipinski definition) is 4. The Morgan fingerprint density at radius 3 is 2.15 bits per heavy atom. The zero-order valence-corrected chi connectivity index (χ0v) is 12.4. The lowest BCUT2D eigenvalue weighted by molar-refractivity contribution is 0.0697. The topological polar surface area (TPSA) is 63.3 Å². The average Bonchev–Trinajstić information content (AvgIpc) is 2.48. The highest BCUT2D eigenvalue weighted by atomic mass is 33.1. The van der Waals surface area contributed by atoms with E-state index in [9.17, 15) is 4.79 Å². The molecule has 0 saturated carbocycles. The predicted molar refractivity (Wildman–Crippen MR) is 84.9 cm³/mol. The van der Waals surface area contributed by atoms with Gasteiger partial charge in [-0.2, -0.15) is 0 Å². The molecule has 3 N–H and O–H groups in total. The third-order valence-electron chi connectivity index (χ3n) is 2.74. The van der Waals surface area contributed by atoms with Crippen LogP contribution >= 0.6 is 21.6 Å². The third kappa shape index (κ3) is 4.30. The quantitative estimate of drug-likeness (QED) is 0.795. The van der Waals surface area contributed by atoms with Gasteiger partial charge < -0.3 is 10.8 Å². The number of nitrogens with two attached hydrogens (primary N) is 1. The van der Waals surface area contributed by atoms with Crippen LogP contribution in [0.25, 0.3) is 0 Å². The van der Waals surface area contributed by atoms with Crippen molar-refractivity contribution in [2.45, 2.75) is 17.2 Å². The first-order valence-corrected chi connectivity index (χ1v) is 8.41. The summed E-state index contributed by atoms with van der Waals surface area (Å²) in [4.78, 5) is 11.9. The van der Waals surface area contributed by atoms with Crippen molar-refractivity contribution in [3.63, 3.8) is 0 Å². The number of rotatable bonds is 6. The first kappa shape index (κ1) is 15.0. The molecule has 2 aromatic rings. The van der Waals surface area contributed by atoms with Crippen molar-refractivity contribution < 1.29 is 9.90 Å². The van der Waals surface area contributed by atoms with Crippen LogP contribution in [0.1, 0.15) is 21.5 Å². The van der Waals surface area contributed by atoms with E-state index in [1.165, 1.54) is 4.90 Å². The summed E-state index contributed by atoms with van der Waals surface area (Å²) < 4.78 is 0. The summed E-state index contributed by atoms with van der Waals surface area (Å²) in [6.07, 6.45) is 0. The molecule has 20 heavy (non-hydrogen) atoms. The molecule has 0 saturated heterocycles. The van der Waals surface area contributed by atoms with Gasteiger partial charge in [0.2, 0.25) is 0 Å². The van der Waals surface area contributed by atoms with Crippen molar-refractivity contribution in [1.29, 1.82) is 0 Å². The number of carboxylic acid groups (broad SMARTS) is 1. The zero-order chi connectivity index (χ0) is 14.4.